The molecule has 0 radical (unpaired) electrons. The highest BCUT2D eigenvalue weighted by Crippen LogP contribution is 2.27. The Labute approximate surface area is 171 Å². The van der Waals surface area contributed by atoms with Gasteiger partial charge in [0.1, 0.15) is 5.82 Å². The van der Waals surface area contributed by atoms with Gasteiger partial charge in [-0.2, -0.15) is 0 Å². The Kier molecular flexibility index (Phi) is 5.34. The maximum atomic E-state index is 12.5. The van der Waals surface area contributed by atoms with Crippen molar-refractivity contribution < 1.29 is 9.21 Å². The van der Waals surface area contributed by atoms with E-state index in [1.807, 2.05) is 4.90 Å². The molecule has 1 aliphatic rings. The van der Waals surface area contributed by atoms with Crippen molar-refractivity contribution in [1.29, 1.82) is 0 Å². The number of rotatable bonds is 4. The van der Waals surface area contributed by atoms with Crippen LogP contribution in [0.25, 0.3) is 11.4 Å². The zero-order valence-corrected chi connectivity index (χ0v) is 17.2. The molecule has 4 rings (SSSR count). The Hall–Kier alpha value is -3.15. The van der Waals surface area contributed by atoms with Gasteiger partial charge in [0.25, 0.3) is 5.91 Å². The second-order valence-electron chi connectivity index (χ2n) is 7.41. The second-order valence-corrected chi connectivity index (χ2v) is 7.41. The molecular weight excluding hydrogens is 364 g/mol. The van der Waals surface area contributed by atoms with E-state index >= 15 is 0 Å². The van der Waals surface area contributed by atoms with Gasteiger partial charge in [-0.25, -0.2) is 9.97 Å². The predicted octanol–water partition coefficient (Wildman–Crippen LogP) is 3.88. The summed E-state index contributed by atoms with van der Waals surface area (Å²) in [5.74, 6) is 2.08. The third kappa shape index (κ3) is 3.88. The third-order valence-corrected chi connectivity index (χ3v) is 5.45. The van der Waals surface area contributed by atoms with Gasteiger partial charge in [0.2, 0.25) is 0 Å². The summed E-state index contributed by atoms with van der Waals surface area (Å²) in [6.07, 6.45) is 2.41. The number of aryl methyl sites for hydroxylation is 2. The van der Waals surface area contributed by atoms with Crippen LogP contribution >= 0.6 is 0 Å². The minimum atomic E-state index is -0.0513. The van der Waals surface area contributed by atoms with Crippen LogP contribution in [0.1, 0.15) is 34.3 Å². The van der Waals surface area contributed by atoms with Crippen molar-refractivity contribution in [3.05, 3.63) is 65.2 Å². The van der Waals surface area contributed by atoms with Gasteiger partial charge in [-0.1, -0.05) is 36.8 Å². The number of piperazine rings is 1. The molecule has 29 heavy (non-hydrogen) atoms. The summed E-state index contributed by atoms with van der Waals surface area (Å²) in [6, 6.07) is 11.8. The van der Waals surface area contributed by atoms with Gasteiger partial charge in [0, 0.05) is 43.0 Å². The molecule has 1 aliphatic heterocycles. The number of hydrogen-bond donors (Lipinski definition) is 0. The van der Waals surface area contributed by atoms with E-state index in [1.54, 1.807) is 12.1 Å². The Bertz CT molecular complexity index is 988. The molecule has 1 fully saturated rings. The number of amides is 1. The largest absolute Gasteiger partial charge is 0.459 e. The lowest BCUT2D eigenvalue weighted by atomic mass is 10.1. The summed E-state index contributed by atoms with van der Waals surface area (Å²) >= 11 is 0. The van der Waals surface area contributed by atoms with Gasteiger partial charge in [0.15, 0.2) is 11.6 Å². The van der Waals surface area contributed by atoms with E-state index in [0.717, 1.165) is 42.4 Å². The SMILES string of the molecule is CCc1c(C)nc(-c2ccc(C)cc2)nc1N1CCN(C(=O)c2ccco2)CC1. The lowest BCUT2D eigenvalue weighted by molar-refractivity contribution is 0.0714. The number of carbonyl (C=O) groups excluding carboxylic acids is 1. The number of furan rings is 1. The summed E-state index contributed by atoms with van der Waals surface area (Å²) in [7, 11) is 0. The molecule has 0 spiro atoms. The van der Waals surface area contributed by atoms with Crippen molar-refractivity contribution in [2.45, 2.75) is 27.2 Å². The molecule has 6 heteroatoms. The van der Waals surface area contributed by atoms with E-state index in [0.29, 0.717) is 18.8 Å². The smallest absolute Gasteiger partial charge is 0.289 e. The van der Waals surface area contributed by atoms with E-state index in [4.69, 9.17) is 14.4 Å². The molecule has 0 N–H and O–H groups in total. The maximum absolute atomic E-state index is 12.5. The Morgan fingerprint density at radius 2 is 1.76 bits per heavy atom. The van der Waals surface area contributed by atoms with E-state index < -0.39 is 0 Å². The molecule has 1 saturated heterocycles. The number of hydrogen-bond acceptors (Lipinski definition) is 5. The molecule has 0 aliphatic carbocycles. The van der Waals surface area contributed by atoms with Gasteiger partial charge in [-0.15, -0.1) is 0 Å². The van der Waals surface area contributed by atoms with Crippen LogP contribution in [-0.4, -0.2) is 47.0 Å². The summed E-state index contributed by atoms with van der Waals surface area (Å²) in [4.78, 5) is 26.4. The fourth-order valence-electron chi connectivity index (χ4n) is 3.77. The molecule has 3 heterocycles. The standard InChI is InChI=1S/C23H26N4O2/c1-4-19-17(3)24-21(18-9-7-16(2)8-10-18)25-22(19)26-11-13-27(14-12-26)23(28)20-6-5-15-29-20/h5-10,15H,4,11-14H2,1-3H3. The van der Waals surface area contributed by atoms with Crippen LogP contribution < -0.4 is 4.90 Å². The molecule has 1 amide bonds. The monoisotopic (exact) mass is 390 g/mol. The lowest BCUT2D eigenvalue weighted by Crippen LogP contribution is -2.49. The Morgan fingerprint density at radius 3 is 2.38 bits per heavy atom. The minimum absolute atomic E-state index is 0.0513. The van der Waals surface area contributed by atoms with Crippen LogP contribution in [0.4, 0.5) is 5.82 Å². The fraction of sp³-hybridized carbons (Fsp3) is 0.348. The zero-order valence-electron chi connectivity index (χ0n) is 17.2. The van der Waals surface area contributed by atoms with Gasteiger partial charge >= 0.3 is 0 Å². The molecule has 2 aromatic heterocycles. The highest BCUT2D eigenvalue weighted by Gasteiger charge is 2.26. The number of benzene rings is 1. The van der Waals surface area contributed by atoms with Crippen molar-refractivity contribution in [1.82, 2.24) is 14.9 Å². The summed E-state index contributed by atoms with van der Waals surface area (Å²) in [6.45, 7) is 9.03. The zero-order chi connectivity index (χ0) is 20.4. The van der Waals surface area contributed by atoms with E-state index in [-0.39, 0.29) is 5.91 Å². The molecule has 150 valence electrons. The Morgan fingerprint density at radius 1 is 1.03 bits per heavy atom. The first kappa shape index (κ1) is 19.2. The third-order valence-electron chi connectivity index (χ3n) is 5.45. The molecular formula is C23H26N4O2. The quantitative estimate of drug-likeness (QED) is 0.677. The minimum Gasteiger partial charge on any atom is -0.459 e. The average molecular weight is 390 g/mol. The van der Waals surface area contributed by atoms with Crippen molar-refractivity contribution >= 4 is 11.7 Å². The summed E-state index contributed by atoms with van der Waals surface area (Å²) < 4.78 is 5.26. The average Bonchev–Trinajstić information content (AvgIpc) is 3.28. The number of aromatic nitrogens is 2. The first-order valence-electron chi connectivity index (χ1n) is 10.1. The van der Waals surface area contributed by atoms with Crippen LogP contribution in [0.3, 0.4) is 0 Å². The highest BCUT2D eigenvalue weighted by molar-refractivity contribution is 5.91. The van der Waals surface area contributed by atoms with Gasteiger partial charge in [-0.3, -0.25) is 4.79 Å². The van der Waals surface area contributed by atoms with Gasteiger partial charge in [0.05, 0.1) is 6.26 Å². The maximum Gasteiger partial charge on any atom is 0.289 e. The fourth-order valence-corrected chi connectivity index (χ4v) is 3.77. The van der Waals surface area contributed by atoms with Gasteiger partial charge in [-0.05, 0) is 32.4 Å². The Balaban J connectivity index is 1.58. The van der Waals surface area contributed by atoms with Crippen LogP contribution in [0.5, 0.6) is 0 Å². The number of nitrogens with zero attached hydrogens (tertiary/aromatic N) is 4. The lowest BCUT2D eigenvalue weighted by Gasteiger charge is -2.36. The topological polar surface area (TPSA) is 62.5 Å². The van der Waals surface area contributed by atoms with Gasteiger partial charge < -0.3 is 14.2 Å². The molecule has 1 aromatic carbocycles. The van der Waals surface area contributed by atoms with Crippen LogP contribution in [0.15, 0.2) is 47.1 Å². The number of carbonyl (C=O) groups is 1. The van der Waals surface area contributed by atoms with E-state index in [9.17, 15) is 4.79 Å². The highest BCUT2D eigenvalue weighted by atomic mass is 16.3. The normalized spacial score (nSPS) is 14.3. The molecule has 0 bridgehead atoms. The first-order chi connectivity index (χ1) is 14.1. The predicted molar refractivity (Wildman–Crippen MR) is 113 cm³/mol. The number of anilines is 1. The van der Waals surface area contributed by atoms with Crippen LogP contribution in [0, 0.1) is 13.8 Å². The first-order valence-corrected chi connectivity index (χ1v) is 10.1. The van der Waals surface area contributed by atoms with Crippen LogP contribution in [-0.2, 0) is 6.42 Å². The molecule has 0 unspecified atom stereocenters. The molecule has 3 aromatic rings. The van der Waals surface area contributed by atoms with E-state index in [1.165, 1.54) is 17.4 Å². The van der Waals surface area contributed by atoms with Crippen molar-refractivity contribution in [3.8, 4) is 11.4 Å². The van der Waals surface area contributed by atoms with Crippen molar-refractivity contribution in [2.75, 3.05) is 31.1 Å². The van der Waals surface area contributed by atoms with Crippen LogP contribution in [0.2, 0.25) is 0 Å². The van der Waals surface area contributed by atoms with E-state index in [2.05, 4.69) is 49.9 Å². The van der Waals surface area contributed by atoms with Crippen molar-refractivity contribution in [2.24, 2.45) is 0 Å². The molecule has 6 nitrogen and oxygen atoms in total. The molecule has 0 saturated carbocycles. The molecule has 0 atom stereocenters. The second kappa shape index (κ2) is 8.07. The summed E-state index contributed by atoms with van der Waals surface area (Å²) in [5, 5.41) is 0. The van der Waals surface area contributed by atoms with Crippen molar-refractivity contribution in [3.63, 3.8) is 0 Å². The summed E-state index contributed by atoms with van der Waals surface area (Å²) in [5.41, 5.74) is 4.43.